The molecule has 0 heterocycles. The van der Waals surface area contributed by atoms with Gasteiger partial charge in [0, 0.05) is 6.07 Å². The molecule has 1 atom stereocenters. The van der Waals surface area contributed by atoms with E-state index in [2.05, 4.69) is 0 Å². The number of alkyl carbamates (subject to hydrolysis) is 1. The van der Waals surface area contributed by atoms with Gasteiger partial charge in [-0.25, -0.2) is 18.4 Å². The summed E-state index contributed by atoms with van der Waals surface area (Å²) in [6.07, 6.45) is -0.991. The minimum atomic E-state index is -1.60. The highest BCUT2D eigenvalue weighted by Crippen LogP contribution is 2.18. The van der Waals surface area contributed by atoms with Gasteiger partial charge in [-0.05, 0) is 38.5 Å². The van der Waals surface area contributed by atoms with Crippen molar-refractivity contribution < 1.29 is 28.2 Å². The molecule has 0 saturated heterocycles. The van der Waals surface area contributed by atoms with Crippen LogP contribution < -0.4 is 5.32 Å². The smallest absolute Gasteiger partial charge is 0.408 e. The van der Waals surface area contributed by atoms with Crippen molar-refractivity contribution >= 4 is 12.1 Å². The second-order valence-corrected chi connectivity index (χ2v) is 5.12. The average molecular weight is 287 g/mol. The predicted octanol–water partition coefficient (Wildman–Crippen LogP) is 2.62. The van der Waals surface area contributed by atoms with Crippen LogP contribution in [0.4, 0.5) is 13.6 Å². The highest BCUT2D eigenvalue weighted by Gasteiger charge is 2.26. The Labute approximate surface area is 114 Å². The van der Waals surface area contributed by atoms with Crippen LogP contribution >= 0.6 is 0 Å². The Bertz CT molecular complexity index is 505. The second-order valence-electron chi connectivity index (χ2n) is 5.12. The van der Waals surface area contributed by atoms with E-state index in [9.17, 15) is 18.4 Å². The van der Waals surface area contributed by atoms with Crippen LogP contribution in [0.3, 0.4) is 0 Å². The molecule has 1 rings (SSSR count). The average Bonchev–Trinajstić information content (AvgIpc) is 2.21. The summed E-state index contributed by atoms with van der Waals surface area (Å²) >= 11 is 0. The number of ether oxygens (including phenoxy) is 1. The lowest BCUT2D eigenvalue weighted by Gasteiger charge is -2.22. The number of carbonyl (C=O) groups is 2. The van der Waals surface area contributed by atoms with Gasteiger partial charge < -0.3 is 15.2 Å². The van der Waals surface area contributed by atoms with Crippen LogP contribution in [0.1, 0.15) is 32.4 Å². The number of carboxylic acids is 1. The summed E-state index contributed by atoms with van der Waals surface area (Å²) < 4.78 is 31.1. The maximum atomic E-state index is 13.1. The van der Waals surface area contributed by atoms with Crippen molar-refractivity contribution in [2.75, 3.05) is 0 Å². The predicted molar refractivity (Wildman–Crippen MR) is 66.1 cm³/mol. The summed E-state index contributed by atoms with van der Waals surface area (Å²) in [5.41, 5.74) is -1.04. The zero-order chi connectivity index (χ0) is 15.5. The van der Waals surface area contributed by atoms with Crippen molar-refractivity contribution in [3.8, 4) is 0 Å². The molecule has 1 aromatic rings. The number of aliphatic carboxylic acids is 1. The molecule has 0 radical (unpaired) electrons. The molecule has 5 nitrogen and oxygen atoms in total. The van der Waals surface area contributed by atoms with Crippen LogP contribution in [0.2, 0.25) is 0 Å². The van der Waals surface area contributed by atoms with Gasteiger partial charge in [-0.1, -0.05) is 0 Å². The number of hydrogen-bond donors (Lipinski definition) is 2. The first-order chi connectivity index (χ1) is 9.08. The fourth-order valence-electron chi connectivity index (χ4n) is 1.45. The summed E-state index contributed by atoms with van der Waals surface area (Å²) in [5.74, 6) is -3.32. The summed E-state index contributed by atoms with van der Waals surface area (Å²) in [6, 6.07) is 0.670. The van der Waals surface area contributed by atoms with E-state index in [0.29, 0.717) is 6.07 Å². The van der Waals surface area contributed by atoms with Gasteiger partial charge in [-0.3, -0.25) is 0 Å². The minimum absolute atomic E-state index is 0.221. The largest absolute Gasteiger partial charge is 0.479 e. The van der Waals surface area contributed by atoms with Gasteiger partial charge in [0.2, 0.25) is 0 Å². The SMILES string of the molecule is CC(C)(C)OC(=O)N[C@@H](C(=O)O)c1cc(F)cc(F)c1. The first kappa shape index (κ1) is 15.9. The van der Waals surface area contributed by atoms with E-state index in [4.69, 9.17) is 9.84 Å². The molecule has 0 unspecified atom stereocenters. The molecule has 0 spiro atoms. The molecule has 2 N–H and O–H groups in total. The molecular weight excluding hydrogens is 272 g/mol. The fraction of sp³-hybridized carbons (Fsp3) is 0.385. The minimum Gasteiger partial charge on any atom is -0.479 e. The van der Waals surface area contributed by atoms with Crippen LogP contribution in [-0.4, -0.2) is 22.8 Å². The maximum Gasteiger partial charge on any atom is 0.408 e. The summed E-state index contributed by atoms with van der Waals surface area (Å²) in [5, 5.41) is 11.1. The number of benzene rings is 1. The van der Waals surface area contributed by atoms with E-state index in [1.807, 2.05) is 5.32 Å². The maximum absolute atomic E-state index is 13.1. The zero-order valence-electron chi connectivity index (χ0n) is 11.2. The van der Waals surface area contributed by atoms with Gasteiger partial charge in [0.1, 0.15) is 17.2 Å². The highest BCUT2D eigenvalue weighted by atomic mass is 19.1. The molecule has 1 amide bonds. The number of carbonyl (C=O) groups excluding carboxylic acids is 1. The third-order valence-corrected chi connectivity index (χ3v) is 2.13. The van der Waals surface area contributed by atoms with Crippen LogP contribution in [0, 0.1) is 11.6 Å². The Hall–Kier alpha value is -2.18. The lowest BCUT2D eigenvalue weighted by atomic mass is 10.1. The van der Waals surface area contributed by atoms with Crippen LogP contribution in [0.5, 0.6) is 0 Å². The fourth-order valence-corrected chi connectivity index (χ4v) is 1.45. The normalized spacial score (nSPS) is 12.7. The molecule has 0 aliphatic rings. The molecule has 0 aliphatic heterocycles. The van der Waals surface area contributed by atoms with Gasteiger partial charge in [0.25, 0.3) is 0 Å². The van der Waals surface area contributed by atoms with Crippen LogP contribution in [0.15, 0.2) is 18.2 Å². The molecule has 0 saturated carbocycles. The van der Waals surface area contributed by atoms with Gasteiger partial charge in [-0.15, -0.1) is 0 Å². The highest BCUT2D eigenvalue weighted by molar-refractivity contribution is 5.81. The first-order valence-electron chi connectivity index (χ1n) is 5.77. The number of nitrogens with one attached hydrogen (secondary N) is 1. The van der Waals surface area contributed by atoms with Crippen molar-refractivity contribution in [1.82, 2.24) is 5.32 Å². The van der Waals surface area contributed by atoms with Crippen molar-refractivity contribution in [2.24, 2.45) is 0 Å². The van der Waals surface area contributed by atoms with Gasteiger partial charge in [0.15, 0.2) is 6.04 Å². The lowest BCUT2D eigenvalue weighted by Crippen LogP contribution is -2.38. The van der Waals surface area contributed by atoms with Crippen LogP contribution in [0.25, 0.3) is 0 Å². The van der Waals surface area contributed by atoms with Crippen molar-refractivity contribution in [1.29, 1.82) is 0 Å². The Morgan fingerprint density at radius 2 is 1.70 bits per heavy atom. The summed E-state index contributed by atoms with van der Waals surface area (Å²) in [7, 11) is 0. The molecule has 0 aliphatic carbocycles. The Kier molecular flexibility index (Phi) is 4.65. The van der Waals surface area contributed by atoms with E-state index < -0.39 is 35.3 Å². The van der Waals surface area contributed by atoms with Gasteiger partial charge in [-0.2, -0.15) is 0 Å². The number of hydrogen-bond acceptors (Lipinski definition) is 3. The monoisotopic (exact) mass is 287 g/mol. The number of carboxylic acid groups (broad SMARTS) is 1. The second kappa shape index (κ2) is 5.85. The van der Waals surface area contributed by atoms with Crippen molar-refractivity contribution in [3.63, 3.8) is 0 Å². The van der Waals surface area contributed by atoms with Crippen LogP contribution in [-0.2, 0) is 9.53 Å². The number of rotatable bonds is 3. The Morgan fingerprint density at radius 3 is 2.10 bits per heavy atom. The molecular formula is C13H15F2NO4. The van der Waals surface area contributed by atoms with E-state index in [-0.39, 0.29) is 5.56 Å². The molecule has 0 fully saturated rings. The van der Waals surface area contributed by atoms with Crippen molar-refractivity contribution in [3.05, 3.63) is 35.4 Å². The quantitative estimate of drug-likeness (QED) is 0.896. The molecule has 0 bridgehead atoms. The third kappa shape index (κ3) is 4.83. The molecule has 0 aromatic heterocycles. The van der Waals surface area contributed by atoms with Crippen molar-refractivity contribution in [2.45, 2.75) is 32.4 Å². The summed E-state index contributed by atoms with van der Waals surface area (Å²) in [6.45, 7) is 4.80. The standard InChI is InChI=1S/C13H15F2NO4/c1-13(2,3)20-12(19)16-10(11(17)18)7-4-8(14)6-9(15)5-7/h4-6,10H,1-3H3,(H,16,19)(H,17,18)/t10-/m1/s1. The molecule has 7 heteroatoms. The molecule has 110 valence electrons. The first-order valence-corrected chi connectivity index (χ1v) is 5.77. The van der Waals surface area contributed by atoms with E-state index in [1.165, 1.54) is 0 Å². The Morgan fingerprint density at radius 1 is 1.20 bits per heavy atom. The summed E-state index contributed by atoms with van der Waals surface area (Å²) in [4.78, 5) is 22.6. The Balaban J connectivity index is 2.95. The number of amides is 1. The molecule has 1 aromatic carbocycles. The van der Waals surface area contributed by atoms with E-state index >= 15 is 0 Å². The topological polar surface area (TPSA) is 75.6 Å². The van der Waals surface area contributed by atoms with E-state index in [1.54, 1.807) is 20.8 Å². The van der Waals surface area contributed by atoms with Gasteiger partial charge >= 0.3 is 12.1 Å². The third-order valence-electron chi connectivity index (χ3n) is 2.13. The lowest BCUT2D eigenvalue weighted by molar-refractivity contribution is -0.139. The number of halogens is 2. The van der Waals surface area contributed by atoms with E-state index in [0.717, 1.165) is 12.1 Å². The van der Waals surface area contributed by atoms with Gasteiger partial charge in [0.05, 0.1) is 0 Å². The molecule has 20 heavy (non-hydrogen) atoms. The zero-order valence-corrected chi connectivity index (χ0v) is 11.2.